The summed E-state index contributed by atoms with van der Waals surface area (Å²) in [7, 11) is 0. The van der Waals surface area contributed by atoms with Crippen LogP contribution in [-0.4, -0.2) is 29.3 Å². The first-order chi connectivity index (χ1) is 13.2. The van der Waals surface area contributed by atoms with E-state index in [0.717, 1.165) is 4.90 Å². The maximum absolute atomic E-state index is 12.8. The Hall–Kier alpha value is -2.57. The van der Waals surface area contributed by atoms with Crippen molar-refractivity contribution in [2.24, 2.45) is 0 Å². The van der Waals surface area contributed by atoms with E-state index in [2.05, 4.69) is 10.6 Å². The van der Waals surface area contributed by atoms with Gasteiger partial charge >= 0.3 is 6.03 Å². The van der Waals surface area contributed by atoms with Gasteiger partial charge in [-0.15, -0.1) is 0 Å². The Morgan fingerprint density at radius 2 is 1.86 bits per heavy atom. The molecule has 0 saturated carbocycles. The zero-order valence-electron chi connectivity index (χ0n) is 15.3. The van der Waals surface area contributed by atoms with Crippen LogP contribution < -0.4 is 10.6 Å². The van der Waals surface area contributed by atoms with Crippen molar-refractivity contribution in [3.63, 3.8) is 0 Å². The third-order valence-corrected chi connectivity index (χ3v) is 5.30. The topological polar surface area (TPSA) is 78.5 Å². The van der Waals surface area contributed by atoms with E-state index in [1.165, 1.54) is 0 Å². The second-order valence-corrected chi connectivity index (χ2v) is 7.61. The number of hydrogen-bond donors (Lipinski definition) is 2. The largest absolute Gasteiger partial charge is 0.348 e. The number of hydrogen-bond acceptors (Lipinski definition) is 3. The van der Waals surface area contributed by atoms with Gasteiger partial charge in [0.2, 0.25) is 5.91 Å². The number of halogens is 2. The Morgan fingerprint density at radius 3 is 2.50 bits per heavy atom. The maximum Gasteiger partial charge on any atom is 0.325 e. The second-order valence-electron chi connectivity index (χ2n) is 6.77. The van der Waals surface area contributed by atoms with Gasteiger partial charge in [-0.2, -0.15) is 0 Å². The zero-order valence-corrected chi connectivity index (χ0v) is 16.8. The normalized spacial score (nSPS) is 20.1. The molecule has 8 heteroatoms. The van der Waals surface area contributed by atoms with Crippen molar-refractivity contribution in [1.29, 1.82) is 0 Å². The Bertz CT molecular complexity index is 936. The molecule has 1 aliphatic heterocycles. The Kier molecular flexibility index (Phi) is 5.63. The Labute approximate surface area is 172 Å². The molecule has 0 radical (unpaired) electrons. The average Bonchev–Trinajstić information content (AvgIpc) is 2.86. The third kappa shape index (κ3) is 3.84. The smallest absolute Gasteiger partial charge is 0.325 e. The molecule has 2 aromatic carbocycles. The van der Waals surface area contributed by atoms with Crippen molar-refractivity contribution in [3.8, 4) is 0 Å². The molecule has 0 spiro atoms. The minimum atomic E-state index is -1.20. The van der Waals surface area contributed by atoms with Gasteiger partial charge in [-0.25, -0.2) is 4.79 Å². The number of benzene rings is 2. The van der Waals surface area contributed by atoms with Crippen LogP contribution >= 0.6 is 23.2 Å². The van der Waals surface area contributed by atoms with Gasteiger partial charge in [0.05, 0.1) is 6.04 Å². The maximum atomic E-state index is 12.8. The SMILES string of the molecule is C[C@H](NC(=O)CN1C(=O)N[C@](C)(c2ccccc2)C1=O)c1ccc(Cl)cc1Cl. The lowest BCUT2D eigenvalue weighted by Crippen LogP contribution is -2.43. The first-order valence-corrected chi connectivity index (χ1v) is 9.42. The molecular weight excluding hydrogens is 401 g/mol. The molecule has 4 amide bonds. The molecular formula is C20H19Cl2N3O3. The summed E-state index contributed by atoms with van der Waals surface area (Å²) in [5.41, 5.74) is 0.132. The fraction of sp³-hybridized carbons (Fsp3) is 0.250. The molecule has 2 atom stereocenters. The highest BCUT2D eigenvalue weighted by Gasteiger charge is 2.49. The van der Waals surface area contributed by atoms with E-state index >= 15 is 0 Å². The molecule has 146 valence electrons. The van der Waals surface area contributed by atoms with E-state index < -0.39 is 29.4 Å². The lowest BCUT2D eigenvalue weighted by molar-refractivity contribution is -0.135. The summed E-state index contributed by atoms with van der Waals surface area (Å²) in [5, 5.41) is 6.34. The van der Waals surface area contributed by atoms with Crippen molar-refractivity contribution in [2.45, 2.75) is 25.4 Å². The number of nitrogens with zero attached hydrogens (tertiary/aromatic N) is 1. The van der Waals surface area contributed by atoms with Gasteiger partial charge < -0.3 is 10.6 Å². The summed E-state index contributed by atoms with van der Waals surface area (Å²) in [6.45, 7) is 2.99. The summed E-state index contributed by atoms with van der Waals surface area (Å²) in [4.78, 5) is 38.5. The monoisotopic (exact) mass is 419 g/mol. The fourth-order valence-corrected chi connectivity index (χ4v) is 3.74. The Morgan fingerprint density at radius 1 is 1.18 bits per heavy atom. The molecule has 28 heavy (non-hydrogen) atoms. The van der Waals surface area contributed by atoms with Crippen molar-refractivity contribution < 1.29 is 14.4 Å². The number of nitrogens with one attached hydrogen (secondary N) is 2. The summed E-state index contributed by atoms with van der Waals surface area (Å²) in [5.74, 6) is -0.949. The lowest BCUT2D eigenvalue weighted by atomic mass is 9.92. The number of carbonyl (C=O) groups excluding carboxylic acids is 3. The van der Waals surface area contributed by atoms with Crippen molar-refractivity contribution in [1.82, 2.24) is 15.5 Å². The van der Waals surface area contributed by atoms with E-state index in [4.69, 9.17) is 23.2 Å². The number of urea groups is 1. The van der Waals surface area contributed by atoms with E-state index in [-0.39, 0.29) is 6.54 Å². The Balaban J connectivity index is 1.70. The van der Waals surface area contributed by atoms with E-state index in [0.29, 0.717) is 21.2 Å². The molecule has 1 saturated heterocycles. The van der Waals surface area contributed by atoms with Gasteiger partial charge in [0, 0.05) is 10.0 Å². The molecule has 6 nitrogen and oxygen atoms in total. The van der Waals surface area contributed by atoms with Gasteiger partial charge in [-0.3, -0.25) is 14.5 Å². The minimum absolute atomic E-state index is 0.386. The number of imide groups is 1. The molecule has 1 heterocycles. The standard InChI is InChI=1S/C20H19Cl2N3O3/c1-12(15-9-8-14(21)10-16(15)22)23-17(26)11-25-18(27)20(2,24-19(25)28)13-6-4-3-5-7-13/h3-10,12H,11H2,1-2H3,(H,23,26)(H,24,28)/t12-,20+/m0/s1. The summed E-state index contributed by atoms with van der Waals surface area (Å²) >= 11 is 12.1. The van der Waals surface area contributed by atoms with Crippen LogP contribution in [0.5, 0.6) is 0 Å². The fourth-order valence-electron chi connectivity index (χ4n) is 3.17. The third-order valence-electron chi connectivity index (χ3n) is 4.73. The molecule has 1 fully saturated rings. The molecule has 3 rings (SSSR count). The molecule has 2 N–H and O–H groups in total. The first kappa shape index (κ1) is 20.2. The summed E-state index contributed by atoms with van der Waals surface area (Å²) in [6, 6.07) is 12.9. The molecule has 2 aromatic rings. The molecule has 0 aliphatic carbocycles. The number of rotatable bonds is 5. The van der Waals surface area contributed by atoms with Gasteiger partial charge in [0.25, 0.3) is 5.91 Å². The lowest BCUT2D eigenvalue weighted by Gasteiger charge is -2.22. The van der Waals surface area contributed by atoms with Crippen LogP contribution in [0.15, 0.2) is 48.5 Å². The predicted molar refractivity (Wildman–Crippen MR) is 107 cm³/mol. The van der Waals surface area contributed by atoms with Gasteiger partial charge in [0.1, 0.15) is 12.1 Å². The van der Waals surface area contributed by atoms with E-state index in [9.17, 15) is 14.4 Å². The number of carbonyl (C=O) groups is 3. The van der Waals surface area contributed by atoms with Crippen LogP contribution in [0.2, 0.25) is 10.0 Å². The first-order valence-electron chi connectivity index (χ1n) is 8.66. The minimum Gasteiger partial charge on any atom is -0.348 e. The highest BCUT2D eigenvalue weighted by Crippen LogP contribution is 2.29. The zero-order chi connectivity index (χ0) is 20.5. The van der Waals surface area contributed by atoms with Crippen LogP contribution in [0, 0.1) is 0 Å². The van der Waals surface area contributed by atoms with Crippen molar-refractivity contribution in [3.05, 3.63) is 69.7 Å². The molecule has 0 bridgehead atoms. The highest BCUT2D eigenvalue weighted by molar-refractivity contribution is 6.35. The van der Waals surface area contributed by atoms with Crippen molar-refractivity contribution >= 4 is 41.0 Å². The molecule has 0 unspecified atom stereocenters. The van der Waals surface area contributed by atoms with E-state index in [1.807, 2.05) is 6.07 Å². The quantitative estimate of drug-likeness (QED) is 0.726. The van der Waals surface area contributed by atoms with Crippen LogP contribution in [0.3, 0.4) is 0 Å². The van der Waals surface area contributed by atoms with E-state index in [1.54, 1.807) is 56.3 Å². The summed E-state index contributed by atoms with van der Waals surface area (Å²) < 4.78 is 0. The summed E-state index contributed by atoms with van der Waals surface area (Å²) in [6.07, 6.45) is 0. The average molecular weight is 420 g/mol. The van der Waals surface area contributed by atoms with Crippen LogP contribution in [0.25, 0.3) is 0 Å². The van der Waals surface area contributed by atoms with Gasteiger partial charge in [0.15, 0.2) is 0 Å². The number of amides is 4. The van der Waals surface area contributed by atoms with Gasteiger partial charge in [-0.05, 0) is 37.1 Å². The predicted octanol–water partition coefficient (Wildman–Crippen LogP) is 3.64. The molecule has 0 aromatic heterocycles. The van der Waals surface area contributed by atoms with Crippen LogP contribution in [-0.2, 0) is 15.1 Å². The molecule has 1 aliphatic rings. The van der Waals surface area contributed by atoms with Crippen LogP contribution in [0.1, 0.15) is 31.0 Å². The van der Waals surface area contributed by atoms with Crippen molar-refractivity contribution in [2.75, 3.05) is 6.54 Å². The van der Waals surface area contributed by atoms with Gasteiger partial charge in [-0.1, -0.05) is 59.6 Å². The second kappa shape index (κ2) is 7.81. The highest BCUT2D eigenvalue weighted by atomic mass is 35.5. The van der Waals surface area contributed by atoms with Crippen LogP contribution in [0.4, 0.5) is 4.79 Å².